The first-order chi connectivity index (χ1) is 13.0. The lowest BCUT2D eigenvalue weighted by atomic mass is 9.98. The molecule has 0 aliphatic carbocycles. The van der Waals surface area contributed by atoms with E-state index in [1.54, 1.807) is 24.4 Å². The molecule has 138 valence electrons. The molecule has 1 aliphatic rings. The van der Waals surface area contributed by atoms with E-state index in [-0.39, 0.29) is 11.6 Å². The maximum absolute atomic E-state index is 13.4. The Bertz CT molecular complexity index is 1000. The number of halogens is 1. The lowest BCUT2D eigenvalue weighted by Gasteiger charge is -2.24. The van der Waals surface area contributed by atoms with E-state index in [0.29, 0.717) is 6.54 Å². The molecule has 3 aromatic rings. The van der Waals surface area contributed by atoms with Crippen LogP contribution in [0.25, 0.3) is 22.4 Å². The van der Waals surface area contributed by atoms with Gasteiger partial charge in [0.2, 0.25) is 0 Å². The first kappa shape index (κ1) is 17.2. The van der Waals surface area contributed by atoms with Gasteiger partial charge in [-0.2, -0.15) is 5.10 Å². The summed E-state index contributed by atoms with van der Waals surface area (Å²) in [4.78, 5) is 17.2. The smallest absolute Gasteiger partial charge is 0.410 e. The van der Waals surface area contributed by atoms with Gasteiger partial charge in [-0.15, -0.1) is 0 Å². The fraction of sp³-hybridized carbons (Fsp3) is 0.211. The Hall–Kier alpha value is -3.26. The third-order valence-electron chi connectivity index (χ3n) is 4.57. The average Bonchev–Trinajstić information content (AvgIpc) is 3.00. The van der Waals surface area contributed by atoms with Gasteiger partial charge >= 0.3 is 6.09 Å². The molecule has 0 bridgehead atoms. The van der Waals surface area contributed by atoms with Crippen LogP contribution in [0.15, 0.2) is 42.6 Å². The summed E-state index contributed by atoms with van der Waals surface area (Å²) in [5, 5.41) is 16.0. The monoisotopic (exact) mass is 367 g/mol. The number of rotatable bonds is 3. The molecule has 0 radical (unpaired) electrons. The summed E-state index contributed by atoms with van der Waals surface area (Å²) >= 11 is 0. The predicted octanol–water partition coefficient (Wildman–Crippen LogP) is 3.29. The van der Waals surface area contributed by atoms with Gasteiger partial charge in [-0.25, -0.2) is 14.2 Å². The molecule has 0 saturated carbocycles. The van der Waals surface area contributed by atoms with E-state index in [9.17, 15) is 9.18 Å². The summed E-state index contributed by atoms with van der Waals surface area (Å²) in [5.41, 5.74) is 4.30. The van der Waals surface area contributed by atoms with Gasteiger partial charge in [-0.1, -0.05) is 0 Å². The maximum Gasteiger partial charge on any atom is 0.410 e. The van der Waals surface area contributed by atoms with Crippen LogP contribution in [0.3, 0.4) is 0 Å². The molecule has 1 aromatic carbocycles. The Morgan fingerprint density at radius 3 is 2.70 bits per heavy atom. The molecule has 2 N–H and O–H groups in total. The molecule has 2 aromatic heterocycles. The first-order valence-electron chi connectivity index (χ1n) is 8.52. The number of carbonyl (C=O) groups is 1. The Morgan fingerprint density at radius 2 is 1.96 bits per heavy atom. The highest BCUT2D eigenvalue weighted by Gasteiger charge is 2.24. The summed E-state index contributed by atoms with van der Waals surface area (Å²) in [6.07, 6.45) is 0.390. The quantitative estimate of drug-likeness (QED) is 0.742. The van der Waals surface area contributed by atoms with Crippen LogP contribution in [0.5, 0.6) is 0 Å². The van der Waals surface area contributed by atoms with E-state index >= 15 is 0 Å². The highest BCUT2D eigenvalue weighted by atomic mass is 19.1. The summed E-state index contributed by atoms with van der Waals surface area (Å²) in [5.74, 6) is -0.0602. The fourth-order valence-electron chi connectivity index (χ4n) is 3.32. The Balaban J connectivity index is 1.89. The van der Waals surface area contributed by atoms with Crippen LogP contribution in [-0.4, -0.2) is 44.5 Å². The van der Waals surface area contributed by atoms with Crippen LogP contribution in [0.1, 0.15) is 5.69 Å². The molecule has 0 spiro atoms. The van der Waals surface area contributed by atoms with E-state index in [1.165, 1.54) is 12.1 Å². The van der Waals surface area contributed by atoms with Crippen LogP contribution in [-0.2, 0) is 13.1 Å². The molecule has 7 nitrogen and oxygen atoms in total. The lowest BCUT2D eigenvalue weighted by molar-refractivity contribution is 0.209. The number of benzene rings is 1. The van der Waals surface area contributed by atoms with Gasteiger partial charge in [0.15, 0.2) is 0 Å². The zero-order chi connectivity index (χ0) is 19.0. The van der Waals surface area contributed by atoms with Crippen molar-refractivity contribution in [3.63, 3.8) is 0 Å². The minimum Gasteiger partial charge on any atom is -0.465 e. The van der Waals surface area contributed by atoms with Crippen molar-refractivity contribution in [2.45, 2.75) is 13.1 Å². The van der Waals surface area contributed by atoms with E-state index in [2.05, 4.69) is 15.2 Å². The van der Waals surface area contributed by atoms with Gasteiger partial charge in [0.05, 0.1) is 12.2 Å². The summed E-state index contributed by atoms with van der Waals surface area (Å²) in [6, 6.07) is 9.74. The van der Waals surface area contributed by atoms with E-state index in [0.717, 1.165) is 41.2 Å². The molecular weight excluding hydrogens is 349 g/mol. The zero-order valence-corrected chi connectivity index (χ0v) is 14.7. The van der Waals surface area contributed by atoms with Gasteiger partial charge in [-0.3, -0.25) is 14.9 Å². The van der Waals surface area contributed by atoms with Crippen molar-refractivity contribution in [2.24, 2.45) is 0 Å². The Morgan fingerprint density at radius 1 is 1.19 bits per heavy atom. The summed E-state index contributed by atoms with van der Waals surface area (Å²) in [6.45, 7) is 2.36. The second-order valence-electron chi connectivity index (χ2n) is 6.50. The molecule has 0 fully saturated rings. The van der Waals surface area contributed by atoms with Crippen LogP contribution >= 0.6 is 0 Å². The lowest BCUT2D eigenvalue weighted by Crippen LogP contribution is -2.30. The van der Waals surface area contributed by atoms with Crippen LogP contribution in [0, 0.1) is 5.82 Å². The van der Waals surface area contributed by atoms with Crippen molar-refractivity contribution in [1.29, 1.82) is 0 Å². The number of nitrogens with one attached hydrogen (secondary N) is 1. The first-order valence-corrected chi connectivity index (χ1v) is 8.52. The largest absolute Gasteiger partial charge is 0.465 e. The normalized spacial score (nSPS) is 14.0. The molecule has 27 heavy (non-hydrogen) atoms. The van der Waals surface area contributed by atoms with Gasteiger partial charge < -0.3 is 5.11 Å². The number of pyridine rings is 1. The number of hydrogen-bond donors (Lipinski definition) is 2. The van der Waals surface area contributed by atoms with Crippen molar-refractivity contribution < 1.29 is 14.3 Å². The van der Waals surface area contributed by atoms with Gasteiger partial charge in [0.25, 0.3) is 0 Å². The Labute approximate surface area is 155 Å². The average molecular weight is 367 g/mol. The fourth-order valence-corrected chi connectivity index (χ4v) is 3.32. The molecular formula is C19H18FN5O2. The molecule has 1 aliphatic heterocycles. The van der Waals surface area contributed by atoms with E-state index in [1.807, 2.05) is 17.8 Å². The number of likely N-dealkylation sites (N-methyl/N-ethyl adjacent to an activating group) is 1. The number of aromatic nitrogens is 3. The van der Waals surface area contributed by atoms with E-state index < -0.39 is 6.09 Å². The molecule has 0 unspecified atom stereocenters. The number of nitrogens with zero attached hydrogens (tertiary/aromatic N) is 4. The van der Waals surface area contributed by atoms with Gasteiger partial charge in [0.1, 0.15) is 17.3 Å². The van der Waals surface area contributed by atoms with Gasteiger partial charge in [-0.05, 0) is 49.0 Å². The SMILES string of the molecule is CN1CCn2nc(-c3ccc(F)cc3)c(-c3ccnc(NC(=O)O)c3)c2C1. The highest BCUT2D eigenvalue weighted by Crippen LogP contribution is 2.36. The molecule has 8 heteroatoms. The molecule has 4 rings (SSSR count). The van der Waals surface area contributed by atoms with Crippen molar-refractivity contribution in [2.75, 3.05) is 18.9 Å². The zero-order valence-electron chi connectivity index (χ0n) is 14.7. The van der Waals surface area contributed by atoms with Crippen molar-refractivity contribution in [3.8, 4) is 22.4 Å². The Kier molecular flexibility index (Phi) is 4.33. The highest BCUT2D eigenvalue weighted by molar-refractivity contribution is 5.86. The van der Waals surface area contributed by atoms with Crippen molar-refractivity contribution in [3.05, 3.63) is 54.1 Å². The predicted molar refractivity (Wildman–Crippen MR) is 98.8 cm³/mol. The van der Waals surface area contributed by atoms with Crippen LogP contribution < -0.4 is 5.32 Å². The molecule has 0 saturated heterocycles. The standard InChI is InChI=1S/C19H18FN5O2/c1-24-8-9-25-15(11-24)17(13-6-7-21-16(10-13)22-19(26)27)18(23-25)12-2-4-14(20)5-3-12/h2-7,10H,8-9,11H2,1H3,(H,21,22)(H,26,27). The third-order valence-corrected chi connectivity index (χ3v) is 4.57. The third kappa shape index (κ3) is 3.39. The molecule has 3 heterocycles. The number of fused-ring (bicyclic) bond motifs is 1. The number of anilines is 1. The molecule has 0 atom stereocenters. The number of hydrogen-bond acceptors (Lipinski definition) is 4. The van der Waals surface area contributed by atoms with E-state index in [4.69, 9.17) is 10.2 Å². The van der Waals surface area contributed by atoms with Crippen molar-refractivity contribution in [1.82, 2.24) is 19.7 Å². The number of amides is 1. The summed E-state index contributed by atoms with van der Waals surface area (Å²) in [7, 11) is 2.04. The second-order valence-corrected chi connectivity index (χ2v) is 6.50. The van der Waals surface area contributed by atoms with Gasteiger partial charge in [0, 0.05) is 30.4 Å². The maximum atomic E-state index is 13.4. The topological polar surface area (TPSA) is 83.3 Å². The molecule has 1 amide bonds. The summed E-state index contributed by atoms with van der Waals surface area (Å²) < 4.78 is 15.3. The van der Waals surface area contributed by atoms with Crippen LogP contribution in [0.4, 0.5) is 15.0 Å². The minimum absolute atomic E-state index is 0.245. The van der Waals surface area contributed by atoms with Crippen molar-refractivity contribution >= 4 is 11.9 Å². The minimum atomic E-state index is -1.17. The second kappa shape index (κ2) is 6.81. The van der Waals surface area contributed by atoms with Crippen LogP contribution in [0.2, 0.25) is 0 Å². The number of carboxylic acid groups (broad SMARTS) is 1.